The summed E-state index contributed by atoms with van der Waals surface area (Å²) in [4.78, 5) is 3.97. The highest BCUT2D eigenvalue weighted by atomic mass is 28.4. The first-order valence-corrected chi connectivity index (χ1v) is 7.65. The molecule has 17 heavy (non-hydrogen) atoms. The van der Waals surface area contributed by atoms with Gasteiger partial charge in [-0.3, -0.25) is 0 Å². The van der Waals surface area contributed by atoms with Gasteiger partial charge in [0.2, 0.25) is 0 Å². The molecule has 0 saturated heterocycles. The molecule has 0 aromatic carbocycles. The molecule has 0 aliphatic carbocycles. The summed E-state index contributed by atoms with van der Waals surface area (Å²) in [6, 6.07) is 0. The number of hydrogen-bond acceptors (Lipinski definition) is 4. The van der Waals surface area contributed by atoms with Crippen LogP contribution in [-0.4, -0.2) is 38.2 Å². The van der Waals surface area contributed by atoms with Crippen LogP contribution in [-0.2, 0) is 13.3 Å². The quantitative estimate of drug-likeness (QED) is 0.667. The fourth-order valence-electron chi connectivity index (χ4n) is 1.41. The second-order valence-corrected chi connectivity index (χ2v) is 5.63. The summed E-state index contributed by atoms with van der Waals surface area (Å²) in [6.07, 6.45) is 7.13. The van der Waals surface area contributed by atoms with E-state index in [0.29, 0.717) is 19.8 Å². The van der Waals surface area contributed by atoms with Gasteiger partial charge in [-0.15, -0.1) is 0 Å². The molecule has 5 nitrogen and oxygen atoms in total. The Bertz CT molecular complexity index is 310. The van der Waals surface area contributed by atoms with Crippen LogP contribution in [0, 0.1) is 0 Å². The summed E-state index contributed by atoms with van der Waals surface area (Å²) in [6.45, 7) is 7.52. The molecule has 0 N–H and O–H groups in total. The number of imidazole rings is 1. The number of rotatable bonds is 8. The first-order valence-electron chi connectivity index (χ1n) is 5.85. The lowest BCUT2D eigenvalue weighted by molar-refractivity contribution is 0.0844. The van der Waals surface area contributed by atoms with E-state index in [9.17, 15) is 0 Å². The van der Waals surface area contributed by atoms with Gasteiger partial charge in [-0.1, -0.05) is 0 Å². The Kier molecular flexibility index (Phi) is 6.13. The largest absolute Gasteiger partial charge is 0.531 e. The second kappa shape index (κ2) is 7.39. The SMILES string of the molecule is CCO[Si](/C=C/n1ccnc1)(OCC)OCC. The summed E-state index contributed by atoms with van der Waals surface area (Å²) in [5.74, 6) is 0. The molecular weight excluding hydrogens is 236 g/mol. The van der Waals surface area contributed by atoms with Crippen molar-refractivity contribution >= 4 is 15.0 Å². The van der Waals surface area contributed by atoms with Crippen molar-refractivity contribution in [1.82, 2.24) is 9.55 Å². The molecule has 1 heterocycles. The van der Waals surface area contributed by atoms with Crippen molar-refractivity contribution in [2.24, 2.45) is 0 Å². The lowest BCUT2D eigenvalue weighted by atomic mass is 10.8. The van der Waals surface area contributed by atoms with Gasteiger partial charge in [0.15, 0.2) is 0 Å². The topological polar surface area (TPSA) is 45.5 Å². The lowest BCUT2D eigenvalue weighted by Crippen LogP contribution is -2.44. The van der Waals surface area contributed by atoms with Crippen LogP contribution >= 0.6 is 0 Å². The van der Waals surface area contributed by atoms with Gasteiger partial charge in [0.1, 0.15) is 0 Å². The Morgan fingerprint density at radius 1 is 1.12 bits per heavy atom. The van der Waals surface area contributed by atoms with Crippen molar-refractivity contribution in [3.05, 3.63) is 24.4 Å². The summed E-state index contributed by atoms with van der Waals surface area (Å²) in [7, 11) is -2.68. The molecule has 0 fully saturated rings. The van der Waals surface area contributed by atoms with Crippen molar-refractivity contribution in [2.75, 3.05) is 19.8 Å². The molecule has 1 rings (SSSR count). The normalized spacial score (nSPS) is 12.4. The van der Waals surface area contributed by atoms with E-state index in [1.807, 2.05) is 43.4 Å². The molecule has 0 saturated carbocycles. The minimum absolute atomic E-state index is 0.570. The fraction of sp³-hybridized carbons (Fsp3) is 0.545. The van der Waals surface area contributed by atoms with Gasteiger partial charge >= 0.3 is 8.80 Å². The third-order valence-corrected chi connectivity index (χ3v) is 4.64. The summed E-state index contributed by atoms with van der Waals surface area (Å²) in [5.41, 5.74) is 1.88. The minimum Gasteiger partial charge on any atom is -0.371 e. The Hall–Kier alpha value is -0.953. The van der Waals surface area contributed by atoms with E-state index in [1.54, 1.807) is 12.5 Å². The zero-order valence-electron chi connectivity index (χ0n) is 10.6. The Morgan fingerprint density at radius 2 is 1.71 bits per heavy atom. The van der Waals surface area contributed by atoms with Gasteiger partial charge in [-0.05, 0) is 20.8 Å². The lowest BCUT2D eigenvalue weighted by Gasteiger charge is -2.25. The third kappa shape index (κ3) is 4.43. The molecule has 6 heteroatoms. The minimum atomic E-state index is -2.68. The van der Waals surface area contributed by atoms with Gasteiger partial charge in [0.25, 0.3) is 0 Å². The zero-order valence-corrected chi connectivity index (χ0v) is 11.6. The first-order chi connectivity index (χ1) is 8.26. The Balaban J connectivity index is 2.79. The van der Waals surface area contributed by atoms with Gasteiger partial charge in [0.05, 0.1) is 6.33 Å². The van der Waals surface area contributed by atoms with Crippen molar-refractivity contribution in [3.8, 4) is 0 Å². The summed E-state index contributed by atoms with van der Waals surface area (Å²) >= 11 is 0. The Morgan fingerprint density at radius 3 is 2.12 bits per heavy atom. The average molecular weight is 256 g/mol. The monoisotopic (exact) mass is 256 g/mol. The van der Waals surface area contributed by atoms with Gasteiger partial charge < -0.3 is 17.8 Å². The van der Waals surface area contributed by atoms with E-state index in [1.165, 1.54) is 0 Å². The van der Waals surface area contributed by atoms with Crippen molar-refractivity contribution in [3.63, 3.8) is 0 Å². The van der Waals surface area contributed by atoms with E-state index in [-0.39, 0.29) is 0 Å². The van der Waals surface area contributed by atoms with Crippen molar-refractivity contribution in [1.29, 1.82) is 0 Å². The molecule has 0 spiro atoms. The highest BCUT2D eigenvalue weighted by Crippen LogP contribution is 2.12. The highest BCUT2D eigenvalue weighted by Gasteiger charge is 2.37. The van der Waals surface area contributed by atoms with E-state index in [2.05, 4.69) is 4.98 Å². The molecule has 96 valence electrons. The van der Waals surface area contributed by atoms with Gasteiger partial charge in [-0.2, -0.15) is 0 Å². The smallest absolute Gasteiger partial charge is 0.371 e. The number of hydrogen-bond donors (Lipinski definition) is 0. The number of nitrogens with zero attached hydrogens (tertiary/aromatic N) is 2. The maximum absolute atomic E-state index is 5.68. The maximum Gasteiger partial charge on any atom is 0.531 e. The summed E-state index contributed by atoms with van der Waals surface area (Å²) < 4.78 is 18.9. The molecule has 0 aliphatic heterocycles. The van der Waals surface area contributed by atoms with Crippen molar-refractivity contribution in [2.45, 2.75) is 20.8 Å². The molecule has 1 aromatic heterocycles. The van der Waals surface area contributed by atoms with Crippen molar-refractivity contribution < 1.29 is 13.3 Å². The maximum atomic E-state index is 5.68. The molecule has 0 aliphatic rings. The van der Waals surface area contributed by atoms with E-state index >= 15 is 0 Å². The molecule has 0 bridgehead atoms. The van der Waals surface area contributed by atoms with Crippen LogP contribution < -0.4 is 0 Å². The molecule has 0 amide bonds. The van der Waals surface area contributed by atoms with Crippen LogP contribution in [0.5, 0.6) is 0 Å². The summed E-state index contributed by atoms with van der Waals surface area (Å²) in [5, 5.41) is 0. The molecule has 1 aromatic rings. The van der Waals surface area contributed by atoms with Gasteiger partial charge in [-0.25, -0.2) is 4.98 Å². The van der Waals surface area contributed by atoms with Crippen LogP contribution in [0.15, 0.2) is 24.4 Å². The predicted octanol–water partition coefficient (Wildman–Crippen LogP) is 1.94. The van der Waals surface area contributed by atoms with Crippen LogP contribution in [0.25, 0.3) is 6.20 Å². The van der Waals surface area contributed by atoms with Gasteiger partial charge in [0, 0.05) is 44.1 Å². The molecule has 0 radical (unpaired) electrons. The predicted molar refractivity (Wildman–Crippen MR) is 68.2 cm³/mol. The molecular formula is C11H20N2O3Si. The highest BCUT2D eigenvalue weighted by molar-refractivity contribution is 6.66. The van der Waals surface area contributed by atoms with Crippen LogP contribution in [0.4, 0.5) is 0 Å². The van der Waals surface area contributed by atoms with Crippen LogP contribution in [0.1, 0.15) is 20.8 Å². The fourth-order valence-corrected chi connectivity index (χ4v) is 3.51. The Labute approximate surface area is 103 Å². The first kappa shape index (κ1) is 14.1. The third-order valence-electron chi connectivity index (χ3n) is 2.01. The zero-order chi connectivity index (χ0) is 12.6. The van der Waals surface area contributed by atoms with E-state index in [4.69, 9.17) is 13.3 Å². The van der Waals surface area contributed by atoms with Crippen LogP contribution in [0.3, 0.4) is 0 Å². The van der Waals surface area contributed by atoms with E-state index in [0.717, 1.165) is 0 Å². The molecule has 0 unspecified atom stereocenters. The standard InChI is InChI=1S/C11H20N2O3Si/c1-4-14-17(15-5-2,16-6-3)10-9-13-8-7-12-11-13/h7-11H,4-6H2,1-3H3/b10-9+. The second-order valence-electron chi connectivity index (χ2n) is 3.23. The van der Waals surface area contributed by atoms with E-state index < -0.39 is 8.80 Å². The average Bonchev–Trinajstić information content (AvgIpc) is 2.80. The van der Waals surface area contributed by atoms with Crippen LogP contribution in [0.2, 0.25) is 0 Å². The number of aromatic nitrogens is 2. The molecule has 0 atom stereocenters.